The van der Waals surface area contributed by atoms with E-state index in [1.54, 1.807) is 18.3 Å². The summed E-state index contributed by atoms with van der Waals surface area (Å²) in [5.74, 6) is -1.80. The summed E-state index contributed by atoms with van der Waals surface area (Å²) in [5, 5.41) is 6.55. The van der Waals surface area contributed by atoms with E-state index in [4.69, 9.17) is 23.9 Å². The summed E-state index contributed by atoms with van der Waals surface area (Å²) in [7, 11) is -4.02. The van der Waals surface area contributed by atoms with Gasteiger partial charge in [-0.05, 0) is 101 Å². The van der Waals surface area contributed by atoms with Gasteiger partial charge < -0.3 is 29.4 Å². The first-order valence-electron chi connectivity index (χ1n) is 22.3. The van der Waals surface area contributed by atoms with E-state index >= 15 is 0 Å². The van der Waals surface area contributed by atoms with Crippen LogP contribution < -0.4 is 20.1 Å². The number of ether oxygens (including phenoxy) is 2. The number of nitrogens with one attached hydrogen (secondary N) is 3. The Balaban J connectivity index is 1.06. The van der Waals surface area contributed by atoms with E-state index in [1.165, 1.54) is 4.90 Å². The van der Waals surface area contributed by atoms with Gasteiger partial charge in [0, 0.05) is 22.6 Å². The Bertz CT molecular complexity index is 2590. The summed E-state index contributed by atoms with van der Waals surface area (Å²) in [6, 6.07) is 9.41. The predicted molar refractivity (Wildman–Crippen MR) is 237 cm³/mol. The number of sulfonamides is 1. The number of alkyl carbamates (subject to hydrolysis) is 1. The molecule has 15 nitrogen and oxygen atoms in total. The summed E-state index contributed by atoms with van der Waals surface area (Å²) in [6.45, 7) is 7.96. The zero-order valence-corrected chi connectivity index (χ0v) is 37.9. The van der Waals surface area contributed by atoms with Crippen molar-refractivity contribution in [1.29, 1.82) is 0 Å². The van der Waals surface area contributed by atoms with Crippen molar-refractivity contribution in [3.63, 3.8) is 0 Å². The van der Waals surface area contributed by atoms with Crippen LogP contribution in [0.4, 0.5) is 4.79 Å². The van der Waals surface area contributed by atoms with Gasteiger partial charge in [0.05, 0.1) is 16.2 Å². The fourth-order valence-corrected chi connectivity index (χ4v) is 11.4. The molecule has 4 aromatic rings. The Kier molecular flexibility index (Phi) is 11.3. The van der Waals surface area contributed by atoms with Crippen molar-refractivity contribution in [2.75, 3.05) is 6.54 Å². The molecule has 3 aromatic heterocycles. The molecule has 0 unspecified atom stereocenters. The van der Waals surface area contributed by atoms with Gasteiger partial charge in [-0.3, -0.25) is 19.1 Å². The quantitative estimate of drug-likeness (QED) is 0.151. The number of rotatable bonds is 8. The number of furan rings is 1. The third-order valence-electron chi connectivity index (χ3n) is 13.4. The van der Waals surface area contributed by atoms with Crippen LogP contribution in [0.5, 0.6) is 5.88 Å². The number of hydrogen-bond acceptors (Lipinski definition) is 12. The van der Waals surface area contributed by atoms with Gasteiger partial charge in [-0.25, -0.2) is 18.2 Å². The number of aromatic nitrogens is 2. The van der Waals surface area contributed by atoms with E-state index in [9.17, 15) is 27.6 Å². The molecule has 3 N–H and O–H groups in total. The van der Waals surface area contributed by atoms with Crippen molar-refractivity contribution in [3.05, 3.63) is 53.4 Å². The van der Waals surface area contributed by atoms with Gasteiger partial charge in [-0.15, -0.1) is 11.3 Å². The van der Waals surface area contributed by atoms with Crippen LogP contribution in [0, 0.1) is 5.92 Å². The minimum absolute atomic E-state index is 0.000376. The first-order chi connectivity index (χ1) is 30.0. The molecule has 0 bridgehead atoms. The molecule has 5 atom stereocenters. The Morgan fingerprint density at radius 3 is 2.49 bits per heavy atom. The lowest BCUT2D eigenvalue weighted by Crippen LogP contribution is -2.58. The summed E-state index contributed by atoms with van der Waals surface area (Å²) in [4.78, 5) is 70.2. The van der Waals surface area contributed by atoms with Crippen LogP contribution in [0.3, 0.4) is 0 Å². The standard InChI is InChI=1S/C46H56N6O9S2/c1-44(2,3)35-21-20-34(62-35)38-48-36-30-17-12-13-19-33(30)61-37(36)40(49-38)59-29-24-32-39(53)50-46(42(55)51-63(57,58)45(4)22-23-45)25-27(46)14-8-6-5-7-9-18-31(41(54)52(32)26-29)47-43(56)60-28-15-10-11-16-28/h8,12-14,17,19-21,27-29,31-32H,5-7,9-11,15-16,18,22-26H2,1-4H3,(H,47,56)(H,50,53)(H,51,55)/t27-,29-,31+,32+,46-/m1/s1. The van der Waals surface area contributed by atoms with Gasteiger partial charge in [-0.2, -0.15) is 4.98 Å². The van der Waals surface area contributed by atoms with Crippen LogP contribution in [-0.4, -0.2) is 88.2 Å². The monoisotopic (exact) mass is 900 g/mol. The lowest BCUT2D eigenvalue weighted by atomic mass is 9.95. The summed E-state index contributed by atoms with van der Waals surface area (Å²) < 4.78 is 46.6. The second kappa shape index (κ2) is 16.5. The molecule has 4 fully saturated rings. The molecule has 0 spiro atoms. The number of amides is 4. The second-order valence-electron chi connectivity index (χ2n) is 19.3. The van der Waals surface area contributed by atoms with E-state index in [0.29, 0.717) is 54.6 Å². The number of carbonyl (C=O) groups is 4. The van der Waals surface area contributed by atoms with Crippen molar-refractivity contribution in [3.8, 4) is 16.6 Å². The molecule has 5 aliphatic rings. The number of hydrogen-bond donors (Lipinski definition) is 3. The molecule has 5 heterocycles. The Hall–Kier alpha value is -5.03. The highest BCUT2D eigenvalue weighted by Crippen LogP contribution is 2.48. The number of nitrogens with zero attached hydrogens (tertiary/aromatic N) is 3. The maximum atomic E-state index is 14.9. The number of benzene rings is 1. The largest absolute Gasteiger partial charge is 0.470 e. The highest BCUT2D eigenvalue weighted by Gasteiger charge is 2.63. The van der Waals surface area contributed by atoms with E-state index in [-0.39, 0.29) is 36.8 Å². The molecule has 9 rings (SSSR count). The molecule has 17 heteroatoms. The van der Waals surface area contributed by atoms with Crippen LogP contribution in [0.15, 0.2) is 53.0 Å². The lowest BCUT2D eigenvalue weighted by molar-refractivity contribution is -0.141. The minimum atomic E-state index is -4.02. The zero-order chi connectivity index (χ0) is 44.3. The highest BCUT2D eigenvalue weighted by atomic mass is 32.2. The molecule has 1 saturated heterocycles. The first kappa shape index (κ1) is 43.2. The molecular weight excluding hydrogens is 845 g/mol. The van der Waals surface area contributed by atoms with Crippen molar-refractivity contribution >= 4 is 67.2 Å². The molecule has 4 amide bonds. The Labute approximate surface area is 371 Å². The van der Waals surface area contributed by atoms with Gasteiger partial charge in [0.15, 0.2) is 5.82 Å². The summed E-state index contributed by atoms with van der Waals surface area (Å²) in [6.07, 6.45) is 9.83. The lowest BCUT2D eigenvalue weighted by Gasteiger charge is -2.30. The van der Waals surface area contributed by atoms with Gasteiger partial charge in [0.2, 0.25) is 27.4 Å². The van der Waals surface area contributed by atoms with E-state index in [1.807, 2.05) is 42.5 Å². The topological polar surface area (TPSA) is 199 Å². The fraction of sp³-hybridized carbons (Fsp3) is 0.565. The van der Waals surface area contributed by atoms with Gasteiger partial charge >= 0.3 is 6.09 Å². The third-order valence-corrected chi connectivity index (χ3v) is 17.0. The van der Waals surface area contributed by atoms with E-state index in [2.05, 4.69) is 42.2 Å². The number of fused-ring (bicyclic) bond motifs is 5. The van der Waals surface area contributed by atoms with Crippen molar-refractivity contribution < 1.29 is 41.5 Å². The van der Waals surface area contributed by atoms with Crippen LogP contribution in [-0.2, 0) is 34.6 Å². The SMILES string of the molecule is CC(C)(C)c1ccc(-c2nc(O[C@@H]3C[C@H]4C(=O)N[C@]5(C(=O)NS(=O)(=O)C6(C)CC6)C[C@H]5C=CCCCCC[C@H](NC(=O)OC5CCCC5)C(=O)N4C3)c3oc4ccccc4c3n2)s1. The highest BCUT2D eigenvalue weighted by molar-refractivity contribution is 7.91. The van der Waals surface area contributed by atoms with Crippen molar-refractivity contribution in [2.24, 2.45) is 5.92 Å². The van der Waals surface area contributed by atoms with Crippen LogP contribution in [0.1, 0.15) is 116 Å². The van der Waals surface area contributed by atoms with Gasteiger partial charge in [0.25, 0.3) is 11.8 Å². The van der Waals surface area contributed by atoms with Crippen LogP contribution in [0.2, 0.25) is 0 Å². The molecule has 0 radical (unpaired) electrons. The zero-order valence-electron chi connectivity index (χ0n) is 36.2. The fourth-order valence-electron chi connectivity index (χ4n) is 9.06. The molecule has 336 valence electrons. The maximum absolute atomic E-state index is 14.9. The smallest absolute Gasteiger partial charge is 0.408 e. The van der Waals surface area contributed by atoms with Crippen LogP contribution >= 0.6 is 11.3 Å². The molecule has 3 aliphatic carbocycles. The normalized spacial score (nSPS) is 26.6. The number of allylic oxidation sites excluding steroid dienone is 1. The molecular formula is C46H56N6O9S2. The van der Waals surface area contributed by atoms with Crippen molar-refractivity contribution in [1.82, 2.24) is 30.2 Å². The molecule has 63 heavy (non-hydrogen) atoms. The number of carbonyl (C=O) groups excluding carboxylic acids is 4. The summed E-state index contributed by atoms with van der Waals surface area (Å²) >= 11 is 1.59. The van der Waals surface area contributed by atoms with Gasteiger partial charge in [-0.1, -0.05) is 57.9 Å². The Morgan fingerprint density at radius 1 is 0.984 bits per heavy atom. The third kappa shape index (κ3) is 8.66. The van der Waals surface area contributed by atoms with E-state index in [0.717, 1.165) is 53.7 Å². The maximum Gasteiger partial charge on any atom is 0.408 e. The minimum Gasteiger partial charge on any atom is -0.470 e. The van der Waals surface area contributed by atoms with Crippen LogP contribution in [0.25, 0.3) is 32.8 Å². The predicted octanol–water partition coefficient (Wildman–Crippen LogP) is 7.18. The summed E-state index contributed by atoms with van der Waals surface area (Å²) in [5.41, 5.74) is -0.182. The first-order valence-corrected chi connectivity index (χ1v) is 24.6. The average Bonchev–Trinajstić information content (AvgIpc) is 3.72. The molecule has 3 saturated carbocycles. The number of thiophene rings is 1. The molecule has 1 aromatic carbocycles. The van der Waals surface area contributed by atoms with Crippen molar-refractivity contribution in [2.45, 2.75) is 151 Å². The second-order valence-corrected chi connectivity index (χ2v) is 22.5. The Morgan fingerprint density at radius 2 is 1.75 bits per heavy atom. The molecule has 2 aliphatic heterocycles. The number of para-hydroxylation sites is 1. The van der Waals surface area contributed by atoms with Gasteiger partial charge in [0.1, 0.15) is 40.9 Å². The average molecular weight is 901 g/mol. The van der Waals surface area contributed by atoms with E-state index < -0.39 is 68.2 Å².